The molecular formula is C17H36O2P+. The Hall–Kier alpha value is 0.0600. The number of unbranched alkanes of at least 4 members (excludes halogenated alkanes) is 3. The molecular weight excluding hydrogens is 267 g/mol. The van der Waals surface area contributed by atoms with Crippen LogP contribution in [0.3, 0.4) is 0 Å². The molecule has 0 unspecified atom stereocenters. The molecule has 0 radical (unpaired) electrons. The van der Waals surface area contributed by atoms with Crippen LogP contribution >= 0.6 is 7.26 Å². The first-order valence-corrected chi connectivity index (χ1v) is 11.1. The summed E-state index contributed by atoms with van der Waals surface area (Å²) < 4.78 is 0. The number of aliphatic hydroxyl groups excluding tert-OH is 1. The maximum atomic E-state index is 12.2. The van der Waals surface area contributed by atoms with Crippen molar-refractivity contribution in [2.24, 2.45) is 0 Å². The quantitative estimate of drug-likeness (QED) is 0.470. The molecule has 0 aromatic carbocycles. The van der Waals surface area contributed by atoms with Gasteiger partial charge in [0.15, 0.2) is 5.78 Å². The fourth-order valence-electron chi connectivity index (χ4n) is 2.78. The first kappa shape index (κ1) is 20.1. The van der Waals surface area contributed by atoms with Crippen LogP contribution in [0.5, 0.6) is 0 Å². The lowest BCUT2D eigenvalue weighted by atomic mass is 10.2. The maximum absolute atomic E-state index is 12.2. The van der Waals surface area contributed by atoms with Crippen LogP contribution in [-0.2, 0) is 4.79 Å². The van der Waals surface area contributed by atoms with E-state index >= 15 is 0 Å². The summed E-state index contributed by atoms with van der Waals surface area (Å²) in [7, 11) is -1.07. The van der Waals surface area contributed by atoms with E-state index in [1.54, 1.807) is 0 Å². The molecule has 0 heterocycles. The Morgan fingerprint density at radius 2 is 1.30 bits per heavy atom. The van der Waals surface area contributed by atoms with Gasteiger partial charge in [0.1, 0.15) is 6.16 Å². The molecule has 0 aromatic rings. The van der Waals surface area contributed by atoms with Gasteiger partial charge in [-0.2, -0.15) is 0 Å². The van der Waals surface area contributed by atoms with Crippen molar-refractivity contribution >= 4 is 13.0 Å². The van der Waals surface area contributed by atoms with E-state index in [1.165, 1.54) is 57.0 Å². The third kappa shape index (κ3) is 9.08. The molecule has 0 amide bonds. The van der Waals surface area contributed by atoms with Crippen LogP contribution in [0.15, 0.2) is 0 Å². The van der Waals surface area contributed by atoms with Crippen molar-refractivity contribution in [2.45, 2.75) is 72.1 Å². The zero-order valence-corrected chi connectivity index (χ0v) is 14.9. The van der Waals surface area contributed by atoms with Crippen LogP contribution in [-0.4, -0.2) is 42.1 Å². The smallest absolute Gasteiger partial charge is 0.169 e. The highest BCUT2D eigenvalue weighted by molar-refractivity contribution is 7.76. The molecule has 3 heteroatoms. The Morgan fingerprint density at radius 1 is 0.850 bits per heavy atom. The van der Waals surface area contributed by atoms with Crippen molar-refractivity contribution in [3.8, 4) is 0 Å². The molecule has 0 aliphatic heterocycles. The highest BCUT2D eigenvalue weighted by Crippen LogP contribution is 2.60. The van der Waals surface area contributed by atoms with E-state index in [4.69, 9.17) is 5.11 Å². The number of rotatable bonds is 14. The van der Waals surface area contributed by atoms with Gasteiger partial charge in [0, 0.05) is 20.3 Å². The lowest BCUT2D eigenvalue weighted by molar-refractivity contribution is -0.116. The van der Waals surface area contributed by atoms with E-state index in [-0.39, 0.29) is 6.61 Å². The van der Waals surface area contributed by atoms with Crippen LogP contribution < -0.4 is 0 Å². The zero-order chi connectivity index (χ0) is 15.3. The van der Waals surface area contributed by atoms with Crippen LogP contribution in [0.4, 0.5) is 0 Å². The van der Waals surface area contributed by atoms with E-state index in [0.717, 1.165) is 6.16 Å². The summed E-state index contributed by atoms with van der Waals surface area (Å²) in [5, 5.41) is 8.89. The first-order chi connectivity index (χ1) is 9.64. The second-order valence-corrected chi connectivity index (χ2v) is 10.4. The van der Waals surface area contributed by atoms with Gasteiger partial charge in [0.25, 0.3) is 0 Å². The zero-order valence-electron chi connectivity index (χ0n) is 14.0. The molecule has 0 spiro atoms. The maximum Gasteiger partial charge on any atom is 0.169 e. The number of ketones is 1. The average molecular weight is 303 g/mol. The van der Waals surface area contributed by atoms with E-state index in [1.807, 2.05) is 0 Å². The number of aliphatic hydroxyl groups is 1. The van der Waals surface area contributed by atoms with E-state index in [0.29, 0.717) is 18.6 Å². The molecule has 0 aromatic heterocycles. The summed E-state index contributed by atoms with van der Waals surface area (Å²) >= 11 is 0. The molecule has 0 aliphatic rings. The van der Waals surface area contributed by atoms with Crippen LogP contribution in [0.25, 0.3) is 0 Å². The third-order valence-electron chi connectivity index (χ3n) is 4.08. The van der Waals surface area contributed by atoms with Crippen molar-refractivity contribution in [3.05, 3.63) is 0 Å². The lowest BCUT2D eigenvalue weighted by Gasteiger charge is -2.27. The first-order valence-electron chi connectivity index (χ1n) is 8.61. The molecule has 120 valence electrons. The number of carbonyl (C=O) groups is 1. The minimum Gasteiger partial charge on any atom is -0.396 e. The van der Waals surface area contributed by atoms with Crippen molar-refractivity contribution in [1.29, 1.82) is 0 Å². The fraction of sp³-hybridized carbons (Fsp3) is 0.941. The Morgan fingerprint density at radius 3 is 1.65 bits per heavy atom. The summed E-state index contributed by atoms with van der Waals surface area (Å²) in [6.07, 6.45) is 13.6. The van der Waals surface area contributed by atoms with Crippen LogP contribution in [0, 0.1) is 0 Å². The van der Waals surface area contributed by atoms with E-state index in [2.05, 4.69) is 20.8 Å². The van der Waals surface area contributed by atoms with Gasteiger partial charge in [-0.05, 0) is 25.7 Å². The summed E-state index contributed by atoms with van der Waals surface area (Å²) in [4.78, 5) is 12.2. The highest BCUT2D eigenvalue weighted by Gasteiger charge is 2.37. The standard InChI is InChI=1S/C17H36O2P/c1-4-7-13-20(14-8-5-2,15-9-6-3)16-17(19)11-10-12-18/h18H,4-16H2,1-3H3/q+1. The number of hydrogen-bond donors (Lipinski definition) is 1. The molecule has 0 fully saturated rings. The SMILES string of the molecule is CCCC[P+](CCCC)(CCCC)CC(=O)CCCO. The molecule has 1 N–H and O–H groups in total. The Labute approximate surface area is 127 Å². The van der Waals surface area contributed by atoms with Gasteiger partial charge in [-0.3, -0.25) is 4.79 Å². The summed E-state index contributed by atoms with van der Waals surface area (Å²) in [5.74, 6) is 0.413. The van der Waals surface area contributed by atoms with Gasteiger partial charge in [0.05, 0.1) is 18.5 Å². The van der Waals surface area contributed by atoms with Crippen molar-refractivity contribution in [1.82, 2.24) is 0 Å². The van der Waals surface area contributed by atoms with Gasteiger partial charge in [-0.1, -0.05) is 40.0 Å². The fourth-order valence-corrected chi connectivity index (χ4v) is 7.80. The predicted octanol–water partition coefficient (Wildman–Crippen LogP) is 4.75. The molecule has 2 nitrogen and oxygen atoms in total. The normalized spacial score (nSPS) is 11.8. The average Bonchev–Trinajstić information content (AvgIpc) is 2.46. The third-order valence-corrected chi connectivity index (χ3v) is 8.90. The molecule has 0 saturated heterocycles. The van der Waals surface area contributed by atoms with Crippen molar-refractivity contribution in [3.63, 3.8) is 0 Å². The largest absolute Gasteiger partial charge is 0.396 e. The summed E-state index contributed by atoms with van der Waals surface area (Å²) in [6, 6.07) is 0. The number of Topliss-reactive ketones (excluding diaryl/α,β-unsaturated/α-hetero) is 1. The van der Waals surface area contributed by atoms with Crippen molar-refractivity contribution in [2.75, 3.05) is 31.3 Å². The second-order valence-electron chi connectivity index (χ2n) is 6.10. The topological polar surface area (TPSA) is 37.3 Å². The van der Waals surface area contributed by atoms with Gasteiger partial charge >= 0.3 is 0 Å². The Balaban J connectivity index is 4.68. The van der Waals surface area contributed by atoms with Gasteiger partial charge < -0.3 is 5.11 Å². The van der Waals surface area contributed by atoms with Crippen LogP contribution in [0.2, 0.25) is 0 Å². The number of carbonyl (C=O) groups excluding carboxylic acids is 1. The second kappa shape index (κ2) is 12.8. The minimum atomic E-state index is -1.07. The molecule has 0 atom stereocenters. The van der Waals surface area contributed by atoms with Gasteiger partial charge in [0.2, 0.25) is 0 Å². The highest BCUT2D eigenvalue weighted by atomic mass is 31.2. The number of hydrogen-bond acceptors (Lipinski definition) is 2. The predicted molar refractivity (Wildman–Crippen MR) is 92.4 cm³/mol. The van der Waals surface area contributed by atoms with E-state index in [9.17, 15) is 4.79 Å². The monoisotopic (exact) mass is 303 g/mol. The minimum absolute atomic E-state index is 0.149. The molecule has 0 saturated carbocycles. The molecule has 0 rings (SSSR count). The molecule has 20 heavy (non-hydrogen) atoms. The van der Waals surface area contributed by atoms with Crippen LogP contribution in [0.1, 0.15) is 72.1 Å². The lowest BCUT2D eigenvalue weighted by Crippen LogP contribution is -2.18. The summed E-state index contributed by atoms with van der Waals surface area (Å²) in [5.41, 5.74) is 0. The summed E-state index contributed by atoms with van der Waals surface area (Å²) in [6.45, 7) is 6.90. The van der Waals surface area contributed by atoms with E-state index < -0.39 is 7.26 Å². The van der Waals surface area contributed by atoms with Gasteiger partial charge in [-0.25, -0.2) is 0 Å². The molecule has 0 aliphatic carbocycles. The van der Waals surface area contributed by atoms with Gasteiger partial charge in [-0.15, -0.1) is 0 Å². The Kier molecular flexibility index (Phi) is 12.8. The molecule has 0 bridgehead atoms. The Bertz CT molecular complexity index is 219. The van der Waals surface area contributed by atoms with Crippen molar-refractivity contribution < 1.29 is 9.90 Å².